The largest absolute Gasteiger partial charge is 0.396 e. The maximum absolute atomic E-state index is 9.84. The number of aliphatic hydroxyl groups excluding tert-OH is 3. The monoisotopic (exact) mass is 237 g/mol. The van der Waals surface area contributed by atoms with Gasteiger partial charge in [-0.2, -0.15) is 0 Å². The van der Waals surface area contributed by atoms with Gasteiger partial charge in [0.25, 0.3) is 0 Å². The van der Waals surface area contributed by atoms with Crippen LogP contribution in [0.3, 0.4) is 0 Å². The summed E-state index contributed by atoms with van der Waals surface area (Å²) in [5, 5.41) is 31.9. The molecule has 0 bridgehead atoms. The van der Waals surface area contributed by atoms with Crippen LogP contribution in [0.15, 0.2) is 30.3 Å². The molecular formula is C13H19NO3. The third-order valence-electron chi connectivity index (χ3n) is 3.45. The SMILES string of the molecule is OC[C@@H]1[C@@H](O)[C@H](O)CN[C@H]1Cc1ccccc1. The second kappa shape index (κ2) is 5.60. The summed E-state index contributed by atoms with van der Waals surface area (Å²) in [6.45, 7) is 0.248. The summed E-state index contributed by atoms with van der Waals surface area (Å²) in [7, 11) is 0. The van der Waals surface area contributed by atoms with Crippen molar-refractivity contribution in [2.45, 2.75) is 24.7 Å². The molecular weight excluding hydrogens is 218 g/mol. The van der Waals surface area contributed by atoms with Crippen molar-refractivity contribution in [2.24, 2.45) is 5.92 Å². The Morgan fingerprint density at radius 2 is 1.88 bits per heavy atom. The van der Waals surface area contributed by atoms with Crippen LogP contribution in [-0.4, -0.2) is 46.7 Å². The Morgan fingerprint density at radius 3 is 2.53 bits per heavy atom. The molecule has 1 aliphatic rings. The maximum Gasteiger partial charge on any atom is 0.0927 e. The van der Waals surface area contributed by atoms with E-state index in [4.69, 9.17) is 0 Å². The van der Waals surface area contributed by atoms with E-state index in [9.17, 15) is 15.3 Å². The summed E-state index contributed by atoms with van der Waals surface area (Å²) in [5.74, 6) is -0.320. The van der Waals surface area contributed by atoms with E-state index in [1.807, 2.05) is 30.3 Å². The molecule has 0 saturated carbocycles. The highest BCUT2D eigenvalue weighted by Gasteiger charge is 2.36. The normalized spacial score (nSPS) is 33.6. The van der Waals surface area contributed by atoms with Gasteiger partial charge in [-0.25, -0.2) is 0 Å². The molecule has 94 valence electrons. The number of rotatable bonds is 3. The Hall–Kier alpha value is -0.940. The van der Waals surface area contributed by atoms with E-state index in [0.29, 0.717) is 6.54 Å². The van der Waals surface area contributed by atoms with Gasteiger partial charge in [0.15, 0.2) is 0 Å². The van der Waals surface area contributed by atoms with Crippen molar-refractivity contribution < 1.29 is 15.3 Å². The number of hydrogen-bond acceptors (Lipinski definition) is 4. The zero-order chi connectivity index (χ0) is 12.3. The standard InChI is InChI=1S/C13H19NO3/c15-8-10-11(14-7-12(16)13(10)17)6-9-4-2-1-3-5-9/h1-5,10-17H,6-8H2/t10-,11-,12+,13+/m0/s1. The van der Waals surface area contributed by atoms with Crippen molar-refractivity contribution in [2.75, 3.05) is 13.2 Å². The molecule has 17 heavy (non-hydrogen) atoms. The minimum Gasteiger partial charge on any atom is -0.396 e. The van der Waals surface area contributed by atoms with E-state index < -0.39 is 12.2 Å². The highest BCUT2D eigenvalue weighted by atomic mass is 16.3. The van der Waals surface area contributed by atoms with Gasteiger partial charge in [-0.1, -0.05) is 30.3 Å². The van der Waals surface area contributed by atoms with E-state index in [0.717, 1.165) is 12.0 Å². The molecule has 1 aromatic carbocycles. The molecule has 4 nitrogen and oxygen atoms in total. The molecule has 2 rings (SSSR count). The lowest BCUT2D eigenvalue weighted by molar-refractivity contribution is -0.0664. The van der Waals surface area contributed by atoms with Crippen LogP contribution in [0.5, 0.6) is 0 Å². The fourth-order valence-corrected chi connectivity index (χ4v) is 2.39. The minimum absolute atomic E-state index is 0.000741. The van der Waals surface area contributed by atoms with Crippen LogP contribution in [0.4, 0.5) is 0 Å². The van der Waals surface area contributed by atoms with Crippen LogP contribution < -0.4 is 5.32 Å². The van der Waals surface area contributed by atoms with Crippen LogP contribution in [0.25, 0.3) is 0 Å². The number of aliphatic hydroxyl groups is 3. The van der Waals surface area contributed by atoms with Gasteiger partial charge in [0.05, 0.1) is 12.2 Å². The molecule has 0 unspecified atom stereocenters. The molecule has 0 spiro atoms. The fourth-order valence-electron chi connectivity index (χ4n) is 2.39. The second-order valence-electron chi connectivity index (χ2n) is 4.61. The average Bonchev–Trinajstić information content (AvgIpc) is 2.36. The Morgan fingerprint density at radius 1 is 1.18 bits per heavy atom. The molecule has 1 saturated heterocycles. The van der Waals surface area contributed by atoms with E-state index in [2.05, 4.69) is 5.32 Å². The van der Waals surface area contributed by atoms with Crippen molar-refractivity contribution in [1.29, 1.82) is 0 Å². The van der Waals surface area contributed by atoms with Gasteiger partial charge >= 0.3 is 0 Å². The first-order chi connectivity index (χ1) is 8.22. The van der Waals surface area contributed by atoms with Gasteiger partial charge in [-0.05, 0) is 12.0 Å². The first kappa shape index (κ1) is 12.5. The first-order valence-electron chi connectivity index (χ1n) is 5.96. The van der Waals surface area contributed by atoms with E-state index >= 15 is 0 Å². The predicted molar refractivity (Wildman–Crippen MR) is 64.5 cm³/mol. The van der Waals surface area contributed by atoms with Crippen molar-refractivity contribution >= 4 is 0 Å². The quantitative estimate of drug-likeness (QED) is 0.573. The minimum atomic E-state index is -0.852. The summed E-state index contributed by atoms with van der Waals surface area (Å²) in [5.41, 5.74) is 1.16. The molecule has 1 fully saturated rings. The number of benzene rings is 1. The highest BCUT2D eigenvalue weighted by Crippen LogP contribution is 2.20. The summed E-state index contributed by atoms with van der Waals surface area (Å²) in [6.07, 6.45) is -0.898. The molecule has 1 heterocycles. The Labute approximate surface area is 101 Å². The van der Waals surface area contributed by atoms with Crippen LogP contribution >= 0.6 is 0 Å². The van der Waals surface area contributed by atoms with E-state index in [1.165, 1.54) is 0 Å². The van der Waals surface area contributed by atoms with E-state index in [-0.39, 0.29) is 18.6 Å². The highest BCUT2D eigenvalue weighted by molar-refractivity contribution is 5.16. The molecule has 4 atom stereocenters. The Balaban J connectivity index is 2.05. The van der Waals surface area contributed by atoms with Gasteiger partial charge in [-0.15, -0.1) is 0 Å². The summed E-state index contributed by atoms with van der Waals surface area (Å²) in [4.78, 5) is 0. The van der Waals surface area contributed by atoms with Crippen molar-refractivity contribution in [3.63, 3.8) is 0 Å². The zero-order valence-electron chi connectivity index (χ0n) is 9.66. The molecule has 1 aliphatic heterocycles. The molecule has 0 amide bonds. The Bertz CT molecular complexity index is 344. The lowest BCUT2D eigenvalue weighted by atomic mass is 9.84. The van der Waals surface area contributed by atoms with E-state index in [1.54, 1.807) is 0 Å². The third-order valence-corrected chi connectivity index (χ3v) is 3.45. The molecule has 0 aromatic heterocycles. The molecule has 4 N–H and O–H groups in total. The van der Waals surface area contributed by atoms with Crippen molar-refractivity contribution in [1.82, 2.24) is 5.32 Å². The van der Waals surface area contributed by atoms with Crippen molar-refractivity contribution in [3.8, 4) is 0 Å². The zero-order valence-corrected chi connectivity index (χ0v) is 9.66. The lowest BCUT2D eigenvalue weighted by Gasteiger charge is -2.38. The second-order valence-corrected chi connectivity index (χ2v) is 4.61. The molecule has 0 radical (unpaired) electrons. The van der Waals surface area contributed by atoms with Gasteiger partial charge < -0.3 is 20.6 Å². The summed E-state index contributed by atoms with van der Waals surface area (Å²) >= 11 is 0. The number of β-amino-alcohol motifs (C(OH)–C–C–N with tert-alkyl or cyclic N) is 1. The third kappa shape index (κ3) is 2.84. The molecule has 0 aliphatic carbocycles. The van der Waals surface area contributed by atoms with Crippen molar-refractivity contribution in [3.05, 3.63) is 35.9 Å². The predicted octanol–water partition coefficient (Wildman–Crippen LogP) is -0.469. The van der Waals surface area contributed by atoms with Crippen LogP contribution in [-0.2, 0) is 6.42 Å². The lowest BCUT2D eigenvalue weighted by Crippen LogP contribution is -2.58. The van der Waals surface area contributed by atoms with Gasteiger partial charge in [-0.3, -0.25) is 0 Å². The molecule has 4 heteroatoms. The number of piperidine rings is 1. The van der Waals surface area contributed by atoms with Gasteiger partial charge in [0.1, 0.15) is 0 Å². The van der Waals surface area contributed by atoms with Crippen LogP contribution in [0.1, 0.15) is 5.56 Å². The Kier molecular flexibility index (Phi) is 4.12. The summed E-state index contributed by atoms with van der Waals surface area (Å²) < 4.78 is 0. The maximum atomic E-state index is 9.84. The van der Waals surface area contributed by atoms with Crippen LogP contribution in [0.2, 0.25) is 0 Å². The topological polar surface area (TPSA) is 72.7 Å². The first-order valence-corrected chi connectivity index (χ1v) is 5.96. The molecule has 1 aromatic rings. The van der Waals surface area contributed by atoms with Gasteiger partial charge in [0.2, 0.25) is 0 Å². The number of hydrogen-bond donors (Lipinski definition) is 4. The average molecular weight is 237 g/mol. The summed E-state index contributed by atoms with van der Waals surface area (Å²) in [6, 6.07) is 9.94. The smallest absolute Gasteiger partial charge is 0.0927 e. The fraction of sp³-hybridized carbons (Fsp3) is 0.538. The number of nitrogens with one attached hydrogen (secondary N) is 1. The van der Waals surface area contributed by atoms with Gasteiger partial charge in [0, 0.05) is 25.1 Å². The van der Waals surface area contributed by atoms with Crippen LogP contribution in [0, 0.1) is 5.92 Å².